The fourth-order valence-electron chi connectivity index (χ4n) is 1.67. The third-order valence-electron chi connectivity index (χ3n) is 2.69. The molecule has 0 aliphatic heterocycles. The number of hydrogen-bond acceptors (Lipinski definition) is 4. The minimum Gasteiger partial charge on any atom is -0.465 e. The summed E-state index contributed by atoms with van der Waals surface area (Å²) in [7, 11) is 1.30. The van der Waals surface area contributed by atoms with Crippen LogP contribution in [0, 0.1) is 0 Å². The molecule has 0 fully saturated rings. The summed E-state index contributed by atoms with van der Waals surface area (Å²) in [6.45, 7) is 0.191. The minimum absolute atomic E-state index is 0.191. The summed E-state index contributed by atoms with van der Waals surface area (Å²) in [5.41, 5.74) is 0.485. The van der Waals surface area contributed by atoms with Crippen molar-refractivity contribution in [2.75, 3.05) is 7.11 Å². The second-order valence-electron chi connectivity index (χ2n) is 4.03. The van der Waals surface area contributed by atoms with Gasteiger partial charge in [0, 0.05) is 16.6 Å². The van der Waals surface area contributed by atoms with Crippen LogP contribution in [0.2, 0.25) is 0 Å². The van der Waals surface area contributed by atoms with Crippen LogP contribution in [0.25, 0.3) is 0 Å². The monoisotopic (exact) mass is 338 g/mol. The van der Waals surface area contributed by atoms with Crippen LogP contribution in [0.3, 0.4) is 0 Å². The van der Waals surface area contributed by atoms with E-state index in [0.29, 0.717) is 10.0 Å². The van der Waals surface area contributed by atoms with E-state index in [1.165, 1.54) is 23.9 Å². The summed E-state index contributed by atoms with van der Waals surface area (Å²) in [5, 5.41) is 2.44. The first-order chi connectivity index (χ1) is 9.51. The molecule has 0 spiro atoms. The van der Waals surface area contributed by atoms with Crippen LogP contribution in [0.15, 0.2) is 44.4 Å². The number of methoxy groups -OCH3 is 1. The highest BCUT2D eigenvalue weighted by Gasteiger charge is 2.09. The van der Waals surface area contributed by atoms with Gasteiger partial charge < -0.3 is 4.74 Å². The Morgan fingerprint density at radius 1 is 1.30 bits per heavy atom. The fourth-order valence-corrected chi connectivity index (χ4v) is 2.17. The van der Waals surface area contributed by atoms with Gasteiger partial charge in [0.25, 0.3) is 11.1 Å². The Kier molecular flexibility index (Phi) is 4.19. The van der Waals surface area contributed by atoms with Crippen molar-refractivity contribution >= 4 is 21.9 Å². The van der Waals surface area contributed by atoms with E-state index in [1.54, 1.807) is 18.2 Å². The van der Waals surface area contributed by atoms with Crippen LogP contribution in [-0.2, 0) is 11.3 Å². The number of halogens is 1. The first-order valence-electron chi connectivity index (χ1n) is 5.68. The lowest BCUT2D eigenvalue weighted by Gasteiger charge is -2.08. The van der Waals surface area contributed by atoms with E-state index >= 15 is 0 Å². The number of carbonyl (C=O) groups is 1. The number of ether oxygens (including phenoxy) is 1. The molecule has 20 heavy (non-hydrogen) atoms. The molecular weight excluding hydrogens is 328 g/mol. The quantitative estimate of drug-likeness (QED) is 0.850. The van der Waals surface area contributed by atoms with E-state index in [4.69, 9.17) is 0 Å². The van der Waals surface area contributed by atoms with Gasteiger partial charge in [0.1, 0.15) is 0 Å². The first-order valence-corrected chi connectivity index (χ1v) is 6.47. The zero-order valence-electron chi connectivity index (χ0n) is 10.6. The third-order valence-corrected chi connectivity index (χ3v) is 3.43. The van der Waals surface area contributed by atoms with Crippen molar-refractivity contribution in [2.45, 2.75) is 6.54 Å². The lowest BCUT2D eigenvalue weighted by atomic mass is 10.1. The van der Waals surface area contributed by atoms with Gasteiger partial charge in [-0.3, -0.25) is 14.7 Å². The second-order valence-corrected chi connectivity index (χ2v) is 4.89. The van der Waals surface area contributed by atoms with E-state index in [1.807, 2.05) is 0 Å². The molecule has 0 bridgehead atoms. The topological polar surface area (TPSA) is 81.2 Å². The molecule has 0 amide bonds. The molecule has 0 aliphatic carbocycles. The van der Waals surface area contributed by atoms with Crippen molar-refractivity contribution in [3.63, 3.8) is 0 Å². The maximum Gasteiger partial charge on any atom is 0.337 e. The molecule has 1 aromatic carbocycles. The van der Waals surface area contributed by atoms with Crippen molar-refractivity contribution < 1.29 is 9.53 Å². The number of hydrogen-bond donors (Lipinski definition) is 1. The summed E-state index contributed by atoms with van der Waals surface area (Å²) < 4.78 is 6.47. The standard InChI is InChI=1S/C13H11BrN2O4/c1-20-13(19)8-2-3-9(10(14)6-8)7-16-12(18)5-4-11(17)15-16/h2-6H,7H2,1H3,(H,15,17). The van der Waals surface area contributed by atoms with Gasteiger partial charge in [-0.05, 0) is 17.7 Å². The molecule has 0 aliphatic rings. The molecule has 2 rings (SSSR count). The third kappa shape index (κ3) is 3.05. The van der Waals surface area contributed by atoms with Gasteiger partial charge in [-0.25, -0.2) is 9.48 Å². The molecule has 0 radical (unpaired) electrons. The second kappa shape index (κ2) is 5.87. The minimum atomic E-state index is -0.442. The molecule has 1 aromatic heterocycles. The number of esters is 1. The molecule has 7 heteroatoms. The lowest BCUT2D eigenvalue weighted by Crippen LogP contribution is -2.28. The van der Waals surface area contributed by atoms with Crippen molar-refractivity contribution in [2.24, 2.45) is 0 Å². The Bertz CT molecular complexity index is 763. The van der Waals surface area contributed by atoms with Gasteiger partial charge >= 0.3 is 5.97 Å². The Hall–Kier alpha value is -2.15. The van der Waals surface area contributed by atoms with E-state index < -0.39 is 5.97 Å². The Balaban J connectivity index is 2.35. The number of benzene rings is 1. The van der Waals surface area contributed by atoms with Crippen LogP contribution in [-0.4, -0.2) is 22.9 Å². The SMILES string of the molecule is COC(=O)c1ccc(Cn2[nH]c(=O)ccc2=O)c(Br)c1. The van der Waals surface area contributed by atoms with E-state index in [-0.39, 0.29) is 17.7 Å². The summed E-state index contributed by atoms with van der Waals surface area (Å²) in [6.07, 6.45) is 0. The number of carbonyl (C=O) groups excluding carboxylic acids is 1. The average molecular weight is 339 g/mol. The smallest absolute Gasteiger partial charge is 0.337 e. The van der Waals surface area contributed by atoms with Crippen molar-refractivity contribution in [1.82, 2.24) is 9.78 Å². The molecule has 1 N–H and O–H groups in total. The molecule has 0 atom stereocenters. The average Bonchev–Trinajstić information content (AvgIpc) is 2.44. The van der Waals surface area contributed by atoms with Crippen molar-refractivity contribution in [3.8, 4) is 0 Å². The Morgan fingerprint density at radius 3 is 2.70 bits per heavy atom. The van der Waals surface area contributed by atoms with Crippen LogP contribution in [0.1, 0.15) is 15.9 Å². The van der Waals surface area contributed by atoms with Crippen LogP contribution >= 0.6 is 15.9 Å². The Morgan fingerprint density at radius 2 is 2.05 bits per heavy atom. The van der Waals surface area contributed by atoms with Gasteiger partial charge in [-0.15, -0.1) is 0 Å². The number of aromatic amines is 1. The molecule has 6 nitrogen and oxygen atoms in total. The molecular formula is C13H11BrN2O4. The predicted molar refractivity (Wildman–Crippen MR) is 75.9 cm³/mol. The zero-order chi connectivity index (χ0) is 14.7. The van der Waals surface area contributed by atoms with Crippen LogP contribution < -0.4 is 11.1 Å². The Labute approximate surface area is 122 Å². The maximum absolute atomic E-state index is 11.6. The van der Waals surface area contributed by atoms with Gasteiger partial charge in [-0.1, -0.05) is 22.0 Å². The normalized spacial score (nSPS) is 10.3. The predicted octanol–water partition coefficient (Wildman–Crippen LogP) is 1.13. The maximum atomic E-state index is 11.6. The number of rotatable bonds is 3. The highest BCUT2D eigenvalue weighted by atomic mass is 79.9. The molecule has 0 saturated carbocycles. The number of nitrogens with one attached hydrogen (secondary N) is 1. The van der Waals surface area contributed by atoms with Gasteiger partial charge in [-0.2, -0.15) is 0 Å². The largest absolute Gasteiger partial charge is 0.465 e. The zero-order valence-corrected chi connectivity index (χ0v) is 12.1. The van der Waals surface area contributed by atoms with Gasteiger partial charge in [0.2, 0.25) is 0 Å². The molecule has 104 valence electrons. The number of aromatic nitrogens is 2. The first kappa shape index (κ1) is 14.3. The summed E-state index contributed by atoms with van der Waals surface area (Å²) >= 11 is 3.33. The summed E-state index contributed by atoms with van der Waals surface area (Å²) in [4.78, 5) is 34.2. The number of nitrogens with zero attached hydrogens (tertiary/aromatic N) is 1. The van der Waals surface area contributed by atoms with E-state index in [0.717, 1.165) is 5.56 Å². The number of H-pyrrole nitrogens is 1. The molecule has 2 aromatic rings. The van der Waals surface area contributed by atoms with Gasteiger partial charge in [0.15, 0.2) is 0 Å². The molecule has 1 heterocycles. The fraction of sp³-hybridized carbons (Fsp3) is 0.154. The highest BCUT2D eigenvalue weighted by molar-refractivity contribution is 9.10. The lowest BCUT2D eigenvalue weighted by molar-refractivity contribution is 0.0600. The van der Waals surface area contributed by atoms with Gasteiger partial charge in [0.05, 0.1) is 19.2 Å². The van der Waals surface area contributed by atoms with E-state index in [2.05, 4.69) is 25.8 Å². The van der Waals surface area contributed by atoms with Crippen molar-refractivity contribution in [3.05, 3.63) is 66.6 Å². The van der Waals surface area contributed by atoms with Crippen molar-refractivity contribution in [1.29, 1.82) is 0 Å². The van der Waals surface area contributed by atoms with E-state index in [9.17, 15) is 14.4 Å². The molecule has 0 unspecified atom stereocenters. The van der Waals surface area contributed by atoms with Crippen LogP contribution in [0.5, 0.6) is 0 Å². The summed E-state index contributed by atoms with van der Waals surface area (Å²) in [5.74, 6) is -0.442. The highest BCUT2D eigenvalue weighted by Crippen LogP contribution is 2.19. The van der Waals surface area contributed by atoms with Crippen LogP contribution in [0.4, 0.5) is 0 Å². The summed E-state index contributed by atoms with van der Waals surface area (Å²) in [6, 6.07) is 7.27. The molecule has 0 saturated heterocycles.